The van der Waals surface area contributed by atoms with Gasteiger partial charge in [0.15, 0.2) is 0 Å². The zero-order valence-corrected chi connectivity index (χ0v) is 17.5. The lowest BCUT2D eigenvalue weighted by Crippen LogP contribution is -2.44. The zero-order chi connectivity index (χ0) is 21.1. The molecule has 2 fully saturated rings. The maximum atomic E-state index is 13.1. The van der Waals surface area contributed by atoms with Crippen LogP contribution in [-0.4, -0.2) is 58.0 Å². The molecule has 2 aliphatic rings. The minimum atomic E-state index is -0.252. The van der Waals surface area contributed by atoms with E-state index < -0.39 is 0 Å². The van der Waals surface area contributed by atoms with E-state index in [9.17, 15) is 14.7 Å². The summed E-state index contributed by atoms with van der Waals surface area (Å²) in [5.74, 6) is 0.0358. The molecule has 7 heteroatoms. The summed E-state index contributed by atoms with van der Waals surface area (Å²) < 4.78 is 1.54. The lowest BCUT2D eigenvalue weighted by molar-refractivity contribution is 0.0668. The van der Waals surface area contributed by atoms with Crippen molar-refractivity contribution in [1.29, 1.82) is 0 Å². The molecule has 1 N–H and O–H groups in total. The summed E-state index contributed by atoms with van der Waals surface area (Å²) in [6.45, 7) is 4.72. The number of nitrogens with zero attached hydrogens (tertiary/aromatic N) is 4. The van der Waals surface area contributed by atoms with Crippen molar-refractivity contribution in [2.24, 2.45) is 0 Å². The number of anilines is 1. The number of aromatic nitrogens is 2. The van der Waals surface area contributed by atoms with E-state index in [-0.39, 0.29) is 23.6 Å². The average Bonchev–Trinajstić information content (AvgIpc) is 2.79. The van der Waals surface area contributed by atoms with Crippen molar-refractivity contribution in [3.8, 4) is 0 Å². The molecule has 0 spiro atoms. The molecule has 1 unspecified atom stereocenters. The van der Waals surface area contributed by atoms with E-state index in [2.05, 4.69) is 16.9 Å². The standard InChI is InChI=1S/C23H30N4O3/c1-2-17-6-3-4-8-21(17)23(30)26-11-5-7-18(16-26)27-22(29)14-19(15-24-27)25-12-9-20(28)10-13-25/h3-4,6,8,14-15,18,20,28H,2,5,7,9-13,16H2,1H3. The molecule has 4 rings (SSSR count). The third kappa shape index (κ3) is 4.26. The number of carbonyl (C=O) groups is 1. The number of rotatable bonds is 4. The number of aryl methyl sites for hydroxylation is 1. The highest BCUT2D eigenvalue weighted by atomic mass is 16.3. The summed E-state index contributed by atoms with van der Waals surface area (Å²) in [6.07, 6.45) is 5.41. The van der Waals surface area contributed by atoms with Crippen LogP contribution in [0.1, 0.15) is 54.6 Å². The highest BCUT2D eigenvalue weighted by Crippen LogP contribution is 2.23. The van der Waals surface area contributed by atoms with E-state index in [1.165, 1.54) is 4.68 Å². The number of hydrogen-bond donors (Lipinski definition) is 1. The molecule has 7 nitrogen and oxygen atoms in total. The normalized spacial score (nSPS) is 20.4. The van der Waals surface area contributed by atoms with Crippen molar-refractivity contribution in [2.75, 3.05) is 31.1 Å². The molecule has 2 saturated heterocycles. The molecule has 2 aromatic rings. The molecule has 0 aliphatic carbocycles. The molecular formula is C23H30N4O3. The SMILES string of the molecule is CCc1ccccc1C(=O)N1CCCC(n2ncc(N3CCC(O)CC3)cc2=O)C1. The maximum Gasteiger partial charge on any atom is 0.269 e. The topological polar surface area (TPSA) is 78.7 Å². The summed E-state index contributed by atoms with van der Waals surface area (Å²) >= 11 is 0. The van der Waals surface area contributed by atoms with Gasteiger partial charge in [-0.3, -0.25) is 9.59 Å². The van der Waals surface area contributed by atoms with Gasteiger partial charge in [-0.1, -0.05) is 25.1 Å². The molecule has 0 saturated carbocycles. The van der Waals surface area contributed by atoms with E-state index in [0.29, 0.717) is 25.9 Å². The lowest BCUT2D eigenvalue weighted by atomic mass is 10.0. The van der Waals surface area contributed by atoms with Crippen LogP contribution in [-0.2, 0) is 6.42 Å². The van der Waals surface area contributed by atoms with Gasteiger partial charge in [0.1, 0.15) is 0 Å². The molecule has 0 bridgehead atoms. The molecule has 1 amide bonds. The van der Waals surface area contributed by atoms with Gasteiger partial charge in [-0.2, -0.15) is 5.10 Å². The summed E-state index contributed by atoms with van der Waals surface area (Å²) in [7, 11) is 0. The van der Waals surface area contributed by atoms with Gasteiger partial charge in [-0.05, 0) is 43.7 Å². The molecule has 3 heterocycles. The summed E-state index contributed by atoms with van der Waals surface area (Å²) in [5.41, 5.74) is 2.48. The van der Waals surface area contributed by atoms with Gasteiger partial charge in [0.2, 0.25) is 0 Å². The molecule has 30 heavy (non-hydrogen) atoms. The van der Waals surface area contributed by atoms with Gasteiger partial charge >= 0.3 is 0 Å². The van der Waals surface area contributed by atoms with Gasteiger partial charge in [0.25, 0.3) is 11.5 Å². The van der Waals surface area contributed by atoms with E-state index in [0.717, 1.165) is 49.2 Å². The number of hydrogen-bond acceptors (Lipinski definition) is 5. The number of amides is 1. The number of benzene rings is 1. The second-order valence-corrected chi connectivity index (χ2v) is 8.27. The fraction of sp³-hybridized carbons (Fsp3) is 0.522. The van der Waals surface area contributed by atoms with E-state index in [1.807, 2.05) is 29.2 Å². The number of carbonyl (C=O) groups excluding carboxylic acids is 1. The van der Waals surface area contributed by atoms with Crippen molar-refractivity contribution in [2.45, 2.75) is 51.2 Å². The van der Waals surface area contributed by atoms with Gasteiger partial charge in [0.05, 0.1) is 24.0 Å². The first-order valence-corrected chi connectivity index (χ1v) is 11.0. The zero-order valence-electron chi connectivity index (χ0n) is 17.5. The predicted octanol–water partition coefficient (Wildman–Crippen LogP) is 2.24. The molecule has 1 aromatic heterocycles. The monoisotopic (exact) mass is 410 g/mol. The Kier molecular flexibility index (Phi) is 6.18. The van der Waals surface area contributed by atoms with Crippen LogP contribution in [0.15, 0.2) is 41.3 Å². The largest absolute Gasteiger partial charge is 0.393 e. The minimum Gasteiger partial charge on any atom is -0.393 e. The second kappa shape index (κ2) is 9.00. The third-order valence-electron chi connectivity index (χ3n) is 6.30. The second-order valence-electron chi connectivity index (χ2n) is 8.27. The summed E-state index contributed by atoms with van der Waals surface area (Å²) in [6, 6.07) is 9.28. The first kappa shape index (κ1) is 20.6. The highest BCUT2D eigenvalue weighted by Gasteiger charge is 2.28. The van der Waals surface area contributed by atoms with Crippen LogP contribution in [0.3, 0.4) is 0 Å². The lowest BCUT2D eigenvalue weighted by Gasteiger charge is -2.34. The fourth-order valence-corrected chi connectivity index (χ4v) is 4.53. The van der Waals surface area contributed by atoms with Gasteiger partial charge in [-0.15, -0.1) is 0 Å². The van der Waals surface area contributed by atoms with Crippen LogP contribution < -0.4 is 10.5 Å². The van der Waals surface area contributed by atoms with Crippen LogP contribution in [0.5, 0.6) is 0 Å². The van der Waals surface area contributed by atoms with E-state index in [4.69, 9.17) is 0 Å². The summed E-state index contributed by atoms with van der Waals surface area (Å²) in [4.78, 5) is 29.9. The Bertz CT molecular complexity index is 949. The van der Waals surface area contributed by atoms with Crippen molar-refractivity contribution in [3.63, 3.8) is 0 Å². The van der Waals surface area contributed by atoms with Crippen LogP contribution in [0, 0.1) is 0 Å². The van der Waals surface area contributed by atoms with Crippen LogP contribution >= 0.6 is 0 Å². The van der Waals surface area contributed by atoms with Gasteiger partial charge < -0.3 is 14.9 Å². The van der Waals surface area contributed by atoms with Crippen molar-refractivity contribution < 1.29 is 9.90 Å². The Morgan fingerprint density at radius 1 is 1.17 bits per heavy atom. The van der Waals surface area contributed by atoms with E-state index in [1.54, 1.807) is 12.3 Å². The number of likely N-dealkylation sites (tertiary alicyclic amines) is 1. The molecule has 1 atom stereocenters. The maximum absolute atomic E-state index is 13.1. The highest BCUT2D eigenvalue weighted by molar-refractivity contribution is 5.95. The van der Waals surface area contributed by atoms with Gasteiger partial charge in [0, 0.05) is 37.8 Å². The Balaban J connectivity index is 1.49. The average molecular weight is 411 g/mol. The molecule has 1 aromatic carbocycles. The Hall–Kier alpha value is -2.67. The molecule has 0 radical (unpaired) electrons. The fourth-order valence-electron chi connectivity index (χ4n) is 4.53. The number of aliphatic hydroxyl groups excluding tert-OH is 1. The first-order chi connectivity index (χ1) is 14.6. The Morgan fingerprint density at radius 3 is 2.67 bits per heavy atom. The molecule has 2 aliphatic heterocycles. The van der Waals surface area contributed by atoms with Crippen LogP contribution in [0.4, 0.5) is 5.69 Å². The quantitative estimate of drug-likeness (QED) is 0.836. The molecular weight excluding hydrogens is 380 g/mol. The predicted molar refractivity (Wildman–Crippen MR) is 116 cm³/mol. The minimum absolute atomic E-state index is 0.0358. The van der Waals surface area contributed by atoms with Crippen LogP contribution in [0.2, 0.25) is 0 Å². The first-order valence-electron chi connectivity index (χ1n) is 11.0. The van der Waals surface area contributed by atoms with Gasteiger partial charge in [-0.25, -0.2) is 4.68 Å². The van der Waals surface area contributed by atoms with Crippen molar-refractivity contribution >= 4 is 11.6 Å². The molecule has 160 valence electrons. The third-order valence-corrected chi connectivity index (χ3v) is 6.30. The van der Waals surface area contributed by atoms with Crippen molar-refractivity contribution in [1.82, 2.24) is 14.7 Å². The number of aliphatic hydroxyl groups is 1. The Labute approximate surface area is 176 Å². The van der Waals surface area contributed by atoms with E-state index >= 15 is 0 Å². The Morgan fingerprint density at radius 2 is 1.93 bits per heavy atom. The van der Waals surface area contributed by atoms with Crippen molar-refractivity contribution in [3.05, 3.63) is 58.0 Å². The summed E-state index contributed by atoms with van der Waals surface area (Å²) in [5, 5.41) is 14.1. The smallest absolute Gasteiger partial charge is 0.269 e. The number of piperidine rings is 2. The van der Waals surface area contributed by atoms with Crippen LogP contribution in [0.25, 0.3) is 0 Å².